The van der Waals surface area contributed by atoms with Gasteiger partial charge in [0.2, 0.25) is 0 Å². The van der Waals surface area contributed by atoms with E-state index in [2.05, 4.69) is 15.3 Å². The molecule has 0 saturated heterocycles. The molecule has 6 heteroatoms. The Labute approximate surface area is 68.9 Å². The van der Waals surface area contributed by atoms with Crippen LogP contribution in [0.1, 0.15) is 5.69 Å². The second-order valence-corrected chi connectivity index (χ2v) is 2.41. The molecule has 1 aromatic heterocycles. The number of fused-ring (bicyclic) bond motifs is 1. The van der Waals surface area contributed by atoms with Crippen LogP contribution in [0.25, 0.3) is 0 Å². The Kier molecular flexibility index (Phi) is 1.41. The van der Waals surface area contributed by atoms with Crippen LogP contribution in [0.2, 0.25) is 0 Å². The van der Waals surface area contributed by atoms with Crippen LogP contribution in [0.15, 0.2) is 12.4 Å². The van der Waals surface area contributed by atoms with Gasteiger partial charge in [-0.3, -0.25) is 10.4 Å². The van der Waals surface area contributed by atoms with E-state index < -0.39 is 0 Å². The van der Waals surface area contributed by atoms with Crippen molar-refractivity contribution in [1.29, 1.82) is 5.41 Å². The van der Waals surface area contributed by atoms with Crippen molar-refractivity contribution in [3.8, 4) is 0 Å². The van der Waals surface area contributed by atoms with Crippen LogP contribution in [-0.2, 0) is 0 Å². The molecule has 0 aliphatic carbocycles. The van der Waals surface area contributed by atoms with Gasteiger partial charge in [-0.05, 0) is 0 Å². The summed E-state index contributed by atoms with van der Waals surface area (Å²) in [5.41, 5.74) is 0.492. The number of hydrazine groups is 1. The summed E-state index contributed by atoms with van der Waals surface area (Å²) in [6.45, 7) is 0.393. The lowest BCUT2D eigenvalue weighted by molar-refractivity contribution is 0.459. The molecular formula is C6H8N6. The predicted molar refractivity (Wildman–Crippen MR) is 43.4 cm³/mol. The molecular weight excluding hydrogens is 156 g/mol. The second kappa shape index (κ2) is 2.42. The van der Waals surface area contributed by atoms with Crippen molar-refractivity contribution in [2.75, 3.05) is 12.0 Å². The van der Waals surface area contributed by atoms with Gasteiger partial charge in [-0.25, -0.2) is 15.8 Å². The van der Waals surface area contributed by atoms with Gasteiger partial charge < -0.3 is 5.32 Å². The standard InChI is InChI=1S/C6H8N6/c7-5-4-6(10-2-1-9-4)11-3-12(5)8/h1-2,7H,3,8H2,(H,10,11). The third-order valence-electron chi connectivity index (χ3n) is 1.63. The number of hydrogen-bond acceptors (Lipinski definition) is 5. The van der Waals surface area contributed by atoms with Gasteiger partial charge in [0, 0.05) is 12.4 Å². The van der Waals surface area contributed by atoms with Crippen molar-refractivity contribution >= 4 is 11.7 Å². The molecule has 0 bridgehead atoms. The number of hydrogen-bond donors (Lipinski definition) is 3. The first kappa shape index (κ1) is 6.99. The van der Waals surface area contributed by atoms with Gasteiger partial charge in [-0.1, -0.05) is 0 Å². The molecule has 0 fully saturated rings. The van der Waals surface area contributed by atoms with Gasteiger partial charge >= 0.3 is 0 Å². The molecule has 62 valence electrons. The highest BCUT2D eigenvalue weighted by Gasteiger charge is 2.19. The number of nitrogens with one attached hydrogen (secondary N) is 2. The molecule has 1 aromatic rings. The minimum atomic E-state index is 0.192. The number of anilines is 1. The Morgan fingerprint density at radius 1 is 1.50 bits per heavy atom. The summed E-state index contributed by atoms with van der Waals surface area (Å²) in [4.78, 5) is 7.99. The zero-order valence-corrected chi connectivity index (χ0v) is 6.28. The van der Waals surface area contributed by atoms with Gasteiger partial charge in [0.25, 0.3) is 0 Å². The highest BCUT2D eigenvalue weighted by atomic mass is 15.5. The van der Waals surface area contributed by atoms with E-state index in [0.717, 1.165) is 0 Å². The Balaban J connectivity index is 2.49. The summed E-state index contributed by atoms with van der Waals surface area (Å²) in [6.07, 6.45) is 3.11. The Bertz CT molecular complexity index is 322. The monoisotopic (exact) mass is 164 g/mol. The zero-order valence-electron chi connectivity index (χ0n) is 6.28. The molecule has 0 radical (unpaired) electrons. The maximum Gasteiger partial charge on any atom is 0.166 e. The molecule has 1 aliphatic heterocycles. The second-order valence-electron chi connectivity index (χ2n) is 2.41. The summed E-state index contributed by atoms with van der Waals surface area (Å²) < 4.78 is 0. The zero-order chi connectivity index (χ0) is 8.55. The number of aromatic nitrogens is 2. The fourth-order valence-corrected chi connectivity index (χ4v) is 1.02. The topological polar surface area (TPSA) is 90.9 Å². The highest BCUT2D eigenvalue weighted by Crippen LogP contribution is 2.13. The van der Waals surface area contributed by atoms with E-state index in [1.54, 1.807) is 6.20 Å². The molecule has 0 amide bonds. The van der Waals surface area contributed by atoms with Crippen molar-refractivity contribution in [2.45, 2.75) is 0 Å². The minimum absolute atomic E-state index is 0.192. The molecule has 0 spiro atoms. The normalized spacial score (nSPS) is 15.4. The van der Waals surface area contributed by atoms with Gasteiger partial charge in [0.05, 0.1) is 0 Å². The fourth-order valence-electron chi connectivity index (χ4n) is 1.02. The minimum Gasteiger partial charge on any atom is -0.349 e. The first-order chi connectivity index (χ1) is 5.79. The quantitative estimate of drug-likeness (QED) is 0.444. The summed E-state index contributed by atoms with van der Waals surface area (Å²) >= 11 is 0. The van der Waals surface area contributed by atoms with E-state index in [1.807, 2.05) is 0 Å². The Morgan fingerprint density at radius 2 is 2.25 bits per heavy atom. The van der Waals surface area contributed by atoms with E-state index >= 15 is 0 Å². The maximum absolute atomic E-state index is 7.53. The first-order valence-electron chi connectivity index (χ1n) is 3.45. The van der Waals surface area contributed by atoms with E-state index in [0.29, 0.717) is 18.2 Å². The van der Waals surface area contributed by atoms with Crippen LogP contribution in [0.5, 0.6) is 0 Å². The summed E-state index contributed by atoms with van der Waals surface area (Å²) in [5, 5.41) is 11.7. The van der Waals surface area contributed by atoms with Crippen LogP contribution in [0.4, 0.5) is 5.82 Å². The SMILES string of the molecule is N=C1c2nccnc2NCN1N. The van der Waals surface area contributed by atoms with Crippen LogP contribution >= 0.6 is 0 Å². The molecule has 4 N–H and O–H groups in total. The lowest BCUT2D eigenvalue weighted by Crippen LogP contribution is -2.45. The summed E-state index contributed by atoms with van der Waals surface area (Å²) in [5.74, 6) is 6.28. The van der Waals surface area contributed by atoms with Crippen molar-refractivity contribution in [1.82, 2.24) is 15.0 Å². The average molecular weight is 164 g/mol. The van der Waals surface area contributed by atoms with Gasteiger partial charge in [0.15, 0.2) is 11.7 Å². The van der Waals surface area contributed by atoms with Crippen LogP contribution in [0, 0.1) is 5.41 Å². The molecule has 6 nitrogen and oxygen atoms in total. The van der Waals surface area contributed by atoms with Crippen molar-refractivity contribution < 1.29 is 0 Å². The van der Waals surface area contributed by atoms with E-state index in [-0.39, 0.29) is 5.84 Å². The number of amidine groups is 1. The van der Waals surface area contributed by atoms with Gasteiger partial charge in [-0.15, -0.1) is 0 Å². The van der Waals surface area contributed by atoms with Gasteiger partial charge in [0.1, 0.15) is 12.4 Å². The fraction of sp³-hybridized carbons (Fsp3) is 0.167. The largest absolute Gasteiger partial charge is 0.349 e. The molecule has 2 heterocycles. The lowest BCUT2D eigenvalue weighted by atomic mass is 10.3. The predicted octanol–water partition coefficient (Wildman–Crippen LogP) is -0.639. The molecule has 0 saturated carbocycles. The highest BCUT2D eigenvalue weighted by molar-refractivity contribution is 5.99. The molecule has 0 unspecified atom stereocenters. The molecule has 0 aromatic carbocycles. The van der Waals surface area contributed by atoms with E-state index in [4.69, 9.17) is 11.3 Å². The molecule has 12 heavy (non-hydrogen) atoms. The van der Waals surface area contributed by atoms with Crippen molar-refractivity contribution in [3.05, 3.63) is 18.1 Å². The lowest BCUT2D eigenvalue weighted by Gasteiger charge is -2.25. The van der Waals surface area contributed by atoms with Crippen molar-refractivity contribution in [3.63, 3.8) is 0 Å². The maximum atomic E-state index is 7.53. The number of rotatable bonds is 0. The average Bonchev–Trinajstić information content (AvgIpc) is 2.12. The van der Waals surface area contributed by atoms with Crippen LogP contribution in [-0.4, -0.2) is 27.5 Å². The van der Waals surface area contributed by atoms with Crippen molar-refractivity contribution in [2.24, 2.45) is 5.84 Å². The molecule has 2 rings (SSSR count). The van der Waals surface area contributed by atoms with E-state index in [9.17, 15) is 0 Å². The third-order valence-corrected chi connectivity index (χ3v) is 1.63. The Morgan fingerprint density at radius 3 is 3.08 bits per heavy atom. The number of nitrogens with two attached hydrogens (primary N) is 1. The molecule has 0 atom stereocenters. The van der Waals surface area contributed by atoms with E-state index in [1.165, 1.54) is 11.2 Å². The molecule has 1 aliphatic rings. The summed E-state index contributed by atoms with van der Waals surface area (Å²) in [7, 11) is 0. The summed E-state index contributed by atoms with van der Waals surface area (Å²) in [6, 6.07) is 0. The van der Waals surface area contributed by atoms with Gasteiger partial charge in [-0.2, -0.15) is 0 Å². The Hall–Kier alpha value is -1.69. The van der Waals surface area contributed by atoms with Crippen LogP contribution in [0.3, 0.4) is 0 Å². The first-order valence-corrected chi connectivity index (χ1v) is 3.45. The smallest absolute Gasteiger partial charge is 0.166 e. The van der Waals surface area contributed by atoms with Crippen LogP contribution < -0.4 is 11.2 Å². The third kappa shape index (κ3) is 0.892. The number of nitrogens with zero attached hydrogens (tertiary/aromatic N) is 3.